The molecule has 0 bridgehead atoms. The Hall–Kier alpha value is -1.17. The molecule has 7 heteroatoms. The van der Waals surface area contributed by atoms with E-state index in [9.17, 15) is 0 Å². The molecule has 2 heterocycles. The van der Waals surface area contributed by atoms with Crippen LogP contribution in [0, 0.1) is 0 Å². The summed E-state index contributed by atoms with van der Waals surface area (Å²) in [6.07, 6.45) is 4.22. The maximum Gasteiger partial charge on any atom is 0.182 e. The van der Waals surface area contributed by atoms with Gasteiger partial charge in [0.1, 0.15) is 5.82 Å². The molecule has 0 unspecified atom stereocenters. The fourth-order valence-electron chi connectivity index (χ4n) is 1.38. The zero-order valence-corrected chi connectivity index (χ0v) is 11.0. The van der Waals surface area contributed by atoms with Crippen LogP contribution >= 0.6 is 24.8 Å². The first kappa shape index (κ1) is 15.8. The summed E-state index contributed by atoms with van der Waals surface area (Å²) in [5.41, 5.74) is 6.41. The minimum Gasteiger partial charge on any atom is -0.330 e. The molecular weight excluding hydrogens is 261 g/mol. The van der Waals surface area contributed by atoms with Crippen LogP contribution in [-0.4, -0.2) is 26.3 Å². The topological polar surface area (TPSA) is 69.6 Å². The Labute approximate surface area is 112 Å². The molecule has 0 atom stereocenters. The van der Waals surface area contributed by atoms with Gasteiger partial charge in [-0.2, -0.15) is 5.10 Å². The molecule has 0 saturated heterocycles. The fourth-order valence-corrected chi connectivity index (χ4v) is 1.38. The first-order valence-corrected chi connectivity index (χ1v) is 4.81. The standard InChI is InChI=1S/C10H13N5.2ClH/c1-15-9(4-5-11)13-10(14-15)8-3-2-6-12-7-8;;/h2-3,6-7H,4-5,11H2,1H3;2*1H. The summed E-state index contributed by atoms with van der Waals surface area (Å²) in [6.45, 7) is 0.582. The molecule has 17 heavy (non-hydrogen) atoms. The van der Waals surface area contributed by atoms with Crippen LogP contribution in [-0.2, 0) is 13.5 Å². The molecule has 0 spiro atoms. The lowest BCUT2D eigenvalue weighted by Gasteiger charge is -1.93. The van der Waals surface area contributed by atoms with Crippen molar-refractivity contribution >= 4 is 24.8 Å². The molecule has 0 aliphatic rings. The zero-order valence-electron chi connectivity index (χ0n) is 9.41. The molecule has 2 N–H and O–H groups in total. The lowest BCUT2D eigenvalue weighted by molar-refractivity contribution is 0.697. The van der Waals surface area contributed by atoms with Gasteiger partial charge in [-0.1, -0.05) is 0 Å². The summed E-state index contributed by atoms with van der Waals surface area (Å²) in [5, 5.41) is 4.31. The second-order valence-electron chi connectivity index (χ2n) is 3.26. The van der Waals surface area contributed by atoms with Crippen molar-refractivity contribution < 1.29 is 0 Å². The molecule has 0 aliphatic carbocycles. The molecule has 0 aromatic carbocycles. The number of aryl methyl sites for hydroxylation is 1. The molecular formula is C10H15Cl2N5. The number of halogens is 2. The van der Waals surface area contributed by atoms with E-state index in [1.54, 1.807) is 17.1 Å². The lowest BCUT2D eigenvalue weighted by Crippen LogP contribution is -2.08. The van der Waals surface area contributed by atoms with Crippen molar-refractivity contribution in [2.24, 2.45) is 12.8 Å². The number of pyridine rings is 1. The van der Waals surface area contributed by atoms with Gasteiger partial charge in [0.2, 0.25) is 0 Å². The van der Waals surface area contributed by atoms with Gasteiger partial charge in [-0.05, 0) is 18.7 Å². The average molecular weight is 276 g/mol. The van der Waals surface area contributed by atoms with Gasteiger partial charge >= 0.3 is 0 Å². The summed E-state index contributed by atoms with van der Waals surface area (Å²) in [4.78, 5) is 8.43. The summed E-state index contributed by atoms with van der Waals surface area (Å²) in [5.74, 6) is 1.60. The van der Waals surface area contributed by atoms with Crippen LogP contribution in [0.2, 0.25) is 0 Å². The average Bonchev–Trinajstić information content (AvgIpc) is 2.63. The largest absolute Gasteiger partial charge is 0.330 e. The van der Waals surface area contributed by atoms with E-state index < -0.39 is 0 Å². The van der Waals surface area contributed by atoms with E-state index in [4.69, 9.17) is 5.73 Å². The van der Waals surface area contributed by atoms with Gasteiger partial charge < -0.3 is 5.73 Å². The molecule has 5 nitrogen and oxygen atoms in total. The number of hydrogen-bond acceptors (Lipinski definition) is 4. The minimum absolute atomic E-state index is 0. The number of aromatic nitrogens is 4. The third-order valence-corrected chi connectivity index (χ3v) is 2.14. The van der Waals surface area contributed by atoms with Crippen LogP contribution in [0.4, 0.5) is 0 Å². The Morgan fingerprint density at radius 3 is 2.71 bits per heavy atom. The van der Waals surface area contributed by atoms with Crippen LogP contribution in [0.1, 0.15) is 5.82 Å². The molecule has 2 aromatic heterocycles. The number of rotatable bonds is 3. The van der Waals surface area contributed by atoms with Crippen molar-refractivity contribution in [2.75, 3.05) is 6.54 Å². The molecule has 0 fully saturated rings. The predicted octanol–water partition coefficient (Wildman–Crippen LogP) is 1.22. The van der Waals surface area contributed by atoms with Crippen LogP contribution < -0.4 is 5.73 Å². The third-order valence-electron chi connectivity index (χ3n) is 2.14. The Balaban J connectivity index is 0.00000128. The smallest absolute Gasteiger partial charge is 0.182 e. The summed E-state index contributed by atoms with van der Waals surface area (Å²) >= 11 is 0. The van der Waals surface area contributed by atoms with Crippen molar-refractivity contribution in [3.05, 3.63) is 30.4 Å². The second-order valence-corrected chi connectivity index (χ2v) is 3.26. The van der Waals surface area contributed by atoms with E-state index in [-0.39, 0.29) is 24.8 Å². The third kappa shape index (κ3) is 3.66. The van der Waals surface area contributed by atoms with E-state index in [1.165, 1.54) is 0 Å². The van der Waals surface area contributed by atoms with Crippen molar-refractivity contribution in [1.29, 1.82) is 0 Å². The second kappa shape index (κ2) is 7.21. The highest BCUT2D eigenvalue weighted by Crippen LogP contribution is 2.13. The monoisotopic (exact) mass is 275 g/mol. The van der Waals surface area contributed by atoms with Gasteiger partial charge in [-0.15, -0.1) is 24.8 Å². The Kier molecular flexibility index (Phi) is 6.72. The van der Waals surface area contributed by atoms with Gasteiger partial charge in [0.05, 0.1) is 0 Å². The van der Waals surface area contributed by atoms with Crippen LogP contribution in [0.15, 0.2) is 24.5 Å². The molecule has 0 aliphatic heterocycles. The van der Waals surface area contributed by atoms with Gasteiger partial charge in [0.25, 0.3) is 0 Å². The molecule has 2 aromatic rings. The van der Waals surface area contributed by atoms with Gasteiger partial charge in [-0.25, -0.2) is 4.98 Å². The van der Waals surface area contributed by atoms with E-state index in [1.807, 2.05) is 19.2 Å². The van der Waals surface area contributed by atoms with E-state index in [0.717, 1.165) is 17.8 Å². The maximum atomic E-state index is 5.48. The van der Waals surface area contributed by atoms with E-state index in [2.05, 4.69) is 15.1 Å². The van der Waals surface area contributed by atoms with Crippen LogP contribution in [0.5, 0.6) is 0 Å². The molecule has 0 saturated carbocycles. The Bertz CT molecular complexity index is 443. The van der Waals surface area contributed by atoms with Crippen LogP contribution in [0.3, 0.4) is 0 Å². The van der Waals surface area contributed by atoms with E-state index >= 15 is 0 Å². The number of hydrogen-bond donors (Lipinski definition) is 1. The SMILES string of the molecule is Cl.Cl.Cn1nc(-c2cccnc2)nc1CCN. The van der Waals surface area contributed by atoms with Gasteiger partial charge in [0, 0.05) is 31.4 Å². The zero-order chi connectivity index (χ0) is 10.7. The fraction of sp³-hybridized carbons (Fsp3) is 0.300. The van der Waals surface area contributed by atoms with E-state index in [0.29, 0.717) is 12.4 Å². The van der Waals surface area contributed by atoms with Crippen molar-refractivity contribution in [3.8, 4) is 11.4 Å². The van der Waals surface area contributed by atoms with Crippen molar-refractivity contribution in [1.82, 2.24) is 19.7 Å². The minimum atomic E-state index is 0. The van der Waals surface area contributed by atoms with Crippen molar-refractivity contribution in [3.63, 3.8) is 0 Å². The normalized spacial score (nSPS) is 9.29. The van der Waals surface area contributed by atoms with Crippen LogP contribution in [0.25, 0.3) is 11.4 Å². The van der Waals surface area contributed by atoms with Gasteiger partial charge in [-0.3, -0.25) is 9.67 Å². The molecule has 94 valence electrons. The molecule has 0 radical (unpaired) electrons. The number of nitrogens with zero attached hydrogens (tertiary/aromatic N) is 4. The highest BCUT2D eigenvalue weighted by Gasteiger charge is 2.07. The summed E-state index contributed by atoms with van der Waals surface area (Å²) in [7, 11) is 1.87. The summed E-state index contributed by atoms with van der Waals surface area (Å²) < 4.78 is 1.76. The first-order valence-electron chi connectivity index (χ1n) is 4.81. The number of nitrogens with two attached hydrogens (primary N) is 1. The predicted molar refractivity (Wildman–Crippen MR) is 71.5 cm³/mol. The molecule has 2 rings (SSSR count). The highest BCUT2D eigenvalue weighted by atomic mass is 35.5. The van der Waals surface area contributed by atoms with Gasteiger partial charge in [0.15, 0.2) is 5.82 Å². The Morgan fingerprint density at radius 2 is 2.12 bits per heavy atom. The molecule has 0 amide bonds. The lowest BCUT2D eigenvalue weighted by atomic mass is 10.3. The Morgan fingerprint density at radius 1 is 1.35 bits per heavy atom. The maximum absolute atomic E-state index is 5.48. The highest BCUT2D eigenvalue weighted by molar-refractivity contribution is 5.85. The summed E-state index contributed by atoms with van der Waals surface area (Å²) in [6, 6.07) is 3.81. The van der Waals surface area contributed by atoms with Crippen molar-refractivity contribution in [2.45, 2.75) is 6.42 Å². The first-order chi connectivity index (χ1) is 7.31. The quantitative estimate of drug-likeness (QED) is 0.915.